The van der Waals surface area contributed by atoms with E-state index in [9.17, 15) is 0 Å². The van der Waals surface area contributed by atoms with E-state index in [0.29, 0.717) is 26.2 Å². The second kappa shape index (κ2) is 5.46. The van der Waals surface area contributed by atoms with E-state index in [-0.39, 0.29) is 0 Å². The Balaban J connectivity index is 3.29. The van der Waals surface area contributed by atoms with Crippen LogP contribution >= 0.6 is 0 Å². The molecule has 0 atom stereocenters. The predicted octanol–water partition coefficient (Wildman–Crippen LogP) is -0.848. The van der Waals surface area contributed by atoms with Gasteiger partial charge in [-0.15, -0.1) is 0 Å². The van der Waals surface area contributed by atoms with Gasteiger partial charge in [-0.05, 0) is 0 Å². The van der Waals surface area contributed by atoms with Crippen molar-refractivity contribution in [2.75, 3.05) is 26.2 Å². The zero-order valence-electron chi connectivity index (χ0n) is 5.38. The minimum Gasteiger partial charge on any atom is -0.329 e. The standard InChI is InChI=1S/C4H13N5/c5-1-3-9(8-7)4-2-6/h7H,1-6H2. The van der Waals surface area contributed by atoms with Gasteiger partial charge in [-0.1, -0.05) is 5.22 Å². The van der Waals surface area contributed by atoms with Crippen LogP contribution in [-0.2, 0) is 0 Å². The maximum atomic E-state index is 6.61. The van der Waals surface area contributed by atoms with E-state index in [1.807, 2.05) is 0 Å². The maximum absolute atomic E-state index is 6.61. The van der Waals surface area contributed by atoms with Crippen molar-refractivity contribution in [2.24, 2.45) is 16.7 Å². The molecule has 5 N–H and O–H groups in total. The Morgan fingerprint density at radius 3 is 1.89 bits per heavy atom. The quantitative estimate of drug-likeness (QED) is 0.335. The summed E-state index contributed by atoms with van der Waals surface area (Å²) >= 11 is 0. The SMILES string of the molecule is N=NN(CCN)CCN. The number of hydrogen-bond donors (Lipinski definition) is 3. The van der Waals surface area contributed by atoms with E-state index < -0.39 is 0 Å². The van der Waals surface area contributed by atoms with Crippen LogP contribution in [0.5, 0.6) is 0 Å². The van der Waals surface area contributed by atoms with Crippen LogP contribution in [0, 0.1) is 5.53 Å². The van der Waals surface area contributed by atoms with Crippen LogP contribution in [0.3, 0.4) is 0 Å². The minimum atomic E-state index is 0.516. The van der Waals surface area contributed by atoms with Gasteiger partial charge in [0.15, 0.2) is 0 Å². The molecule has 0 unspecified atom stereocenters. The Labute approximate surface area is 54.5 Å². The van der Waals surface area contributed by atoms with E-state index in [4.69, 9.17) is 17.0 Å². The lowest BCUT2D eigenvalue weighted by Gasteiger charge is -2.13. The van der Waals surface area contributed by atoms with Crippen molar-refractivity contribution in [3.05, 3.63) is 0 Å². The normalized spacial score (nSPS) is 9.11. The third-order valence-electron chi connectivity index (χ3n) is 0.916. The van der Waals surface area contributed by atoms with E-state index in [1.54, 1.807) is 0 Å². The molecule has 0 amide bonds. The van der Waals surface area contributed by atoms with Crippen LogP contribution < -0.4 is 11.5 Å². The van der Waals surface area contributed by atoms with E-state index >= 15 is 0 Å². The first-order chi connectivity index (χ1) is 4.35. The van der Waals surface area contributed by atoms with Crippen molar-refractivity contribution in [3.63, 3.8) is 0 Å². The second-order valence-corrected chi connectivity index (χ2v) is 1.63. The number of nitrogens with two attached hydrogens (primary N) is 2. The van der Waals surface area contributed by atoms with Crippen molar-refractivity contribution in [1.82, 2.24) is 5.01 Å². The molecule has 0 fully saturated rings. The van der Waals surface area contributed by atoms with Crippen molar-refractivity contribution >= 4 is 0 Å². The summed E-state index contributed by atoms with van der Waals surface area (Å²) < 4.78 is 0. The molecular formula is C4H13N5. The van der Waals surface area contributed by atoms with Crippen molar-refractivity contribution in [3.8, 4) is 0 Å². The third-order valence-corrected chi connectivity index (χ3v) is 0.916. The van der Waals surface area contributed by atoms with Crippen LogP contribution in [0.4, 0.5) is 0 Å². The van der Waals surface area contributed by atoms with Gasteiger partial charge in [0.2, 0.25) is 0 Å². The number of rotatable bonds is 5. The number of nitrogens with zero attached hydrogens (tertiary/aromatic N) is 2. The Kier molecular flexibility index (Phi) is 5.04. The molecule has 0 aromatic carbocycles. The van der Waals surface area contributed by atoms with Crippen LogP contribution in [0.2, 0.25) is 0 Å². The molecule has 0 spiro atoms. The molecule has 0 bridgehead atoms. The van der Waals surface area contributed by atoms with Crippen molar-refractivity contribution in [2.45, 2.75) is 0 Å². The fourth-order valence-corrected chi connectivity index (χ4v) is 0.510. The molecule has 0 saturated heterocycles. The van der Waals surface area contributed by atoms with Crippen molar-refractivity contribution in [1.29, 1.82) is 5.53 Å². The minimum absolute atomic E-state index is 0.516. The average molecular weight is 131 g/mol. The van der Waals surface area contributed by atoms with Gasteiger partial charge in [-0.25, -0.2) is 0 Å². The Morgan fingerprint density at radius 2 is 1.67 bits per heavy atom. The van der Waals surface area contributed by atoms with E-state index in [2.05, 4.69) is 5.22 Å². The maximum Gasteiger partial charge on any atom is 0.0500 e. The summed E-state index contributed by atoms with van der Waals surface area (Å²) in [6.45, 7) is 2.26. The average Bonchev–Trinajstić information content (AvgIpc) is 1.88. The summed E-state index contributed by atoms with van der Waals surface area (Å²) in [6.07, 6.45) is 0. The van der Waals surface area contributed by atoms with E-state index in [1.165, 1.54) is 5.01 Å². The van der Waals surface area contributed by atoms with Crippen LogP contribution in [0.25, 0.3) is 0 Å². The molecule has 5 heteroatoms. The van der Waals surface area contributed by atoms with Crippen LogP contribution in [0.1, 0.15) is 0 Å². The van der Waals surface area contributed by atoms with Gasteiger partial charge in [0.25, 0.3) is 0 Å². The molecule has 0 rings (SSSR count). The summed E-state index contributed by atoms with van der Waals surface area (Å²) in [5.74, 6) is 0. The molecule has 0 aromatic heterocycles. The molecule has 54 valence electrons. The largest absolute Gasteiger partial charge is 0.329 e. The van der Waals surface area contributed by atoms with Crippen molar-refractivity contribution < 1.29 is 0 Å². The fourth-order valence-electron chi connectivity index (χ4n) is 0.510. The van der Waals surface area contributed by atoms with Gasteiger partial charge < -0.3 is 11.5 Å². The third kappa shape index (κ3) is 3.87. The zero-order valence-corrected chi connectivity index (χ0v) is 5.38. The first kappa shape index (κ1) is 8.32. The topological polar surface area (TPSA) is 91.5 Å². The van der Waals surface area contributed by atoms with E-state index in [0.717, 1.165) is 0 Å². The molecule has 0 saturated carbocycles. The van der Waals surface area contributed by atoms with Gasteiger partial charge in [0.1, 0.15) is 0 Å². The lowest BCUT2D eigenvalue weighted by Crippen LogP contribution is -2.29. The highest BCUT2D eigenvalue weighted by atomic mass is 15.5. The molecule has 9 heavy (non-hydrogen) atoms. The predicted molar refractivity (Wildman–Crippen MR) is 34.8 cm³/mol. The summed E-state index contributed by atoms with van der Waals surface area (Å²) in [7, 11) is 0. The summed E-state index contributed by atoms with van der Waals surface area (Å²) in [5.41, 5.74) is 17.0. The molecule has 0 radical (unpaired) electrons. The van der Waals surface area contributed by atoms with Gasteiger partial charge in [0.05, 0.1) is 0 Å². The van der Waals surface area contributed by atoms with Gasteiger partial charge in [-0.2, -0.15) is 5.53 Å². The molecule has 0 aliphatic heterocycles. The van der Waals surface area contributed by atoms with Crippen LogP contribution in [-0.4, -0.2) is 31.2 Å². The smallest absolute Gasteiger partial charge is 0.0500 e. The first-order valence-electron chi connectivity index (χ1n) is 2.87. The molecule has 0 heterocycles. The number of nitrogens with one attached hydrogen (secondary N) is 1. The van der Waals surface area contributed by atoms with Gasteiger partial charge in [-0.3, -0.25) is 5.01 Å². The highest BCUT2D eigenvalue weighted by Gasteiger charge is 1.94. The highest BCUT2D eigenvalue weighted by molar-refractivity contribution is 4.49. The molecule has 5 nitrogen and oxygen atoms in total. The zero-order chi connectivity index (χ0) is 7.11. The Hall–Kier alpha value is -0.680. The Morgan fingerprint density at radius 1 is 1.22 bits per heavy atom. The monoisotopic (exact) mass is 131 g/mol. The lowest BCUT2D eigenvalue weighted by atomic mass is 10.5. The molecule has 0 aliphatic rings. The molecule has 0 aromatic rings. The van der Waals surface area contributed by atoms with Gasteiger partial charge >= 0.3 is 0 Å². The first-order valence-corrected chi connectivity index (χ1v) is 2.87. The van der Waals surface area contributed by atoms with Gasteiger partial charge in [0, 0.05) is 26.2 Å². The Bertz CT molecular complexity index is 67.4. The summed E-state index contributed by atoms with van der Waals surface area (Å²) in [6, 6.07) is 0. The lowest BCUT2D eigenvalue weighted by molar-refractivity contribution is 0.275. The molecular weight excluding hydrogens is 118 g/mol. The fraction of sp³-hybridized carbons (Fsp3) is 1.00. The highest BCUT2D eigenvalue weighted by Crippen LogP contribution is 1.83. The summed E-state index contributed by atoms with van der Waals surface area (Å²) in [5, 5.41) is 4.72. The van der Waals surface area contributed by atoms with Crippen LogP contribution in [0.15, 0.2) is 5.22 Å². The second-order valence-electron chi connectivity index (χ2n) is 1.63. The molecule has 0 aliphatic carbocycles. The summed E-state index contributed by atoms with van der Waals surface area (Å²) in [4.78, 5) is 0. The number of hydrogen-bond acceptors (Lipinski definition) is 4.